The number of hydrogen-bond acceptors (Lipinski definition) is 5. The summed E-state index contributed by atoms with van der Waals surface area (Å²) in [4.78, 5) is 24.4. The van der Waals surface area contributed by atoms with Crippen LogP contribution in [0.25, 0.3) is 0 Å². The monoisotopic (exact) mass is 927 g/mol. The molecule has 0 amide bonds. The fourth-order valence-electron chi connectivity index (χ4n) is 7.35. The second-order valence-corrected chi connectivity index (χ2v) is 17.9. The molecule has 0 fully saturated rings. The Morgan fingerprint density at radius 2 is 0.642 bits per heavy atom. The number of rotatable bonds is 49. The first-order valence-corrected chi connectivity index (χ1v) is 27.6. The predicted octanol–water partition coefficient (Wildman–Crippen LogP) is 18.7. The SMILES string of the molecule is CC/C=C\C/C=C\C/C=C\C/C=C\C/C=C\C/C=C\C/C=C\C/C=C\CCCCCCCCCCCCCCCCC(=O)OC(CO)COC(=O)CCCCCCC/C=C\C/C=C\CCCC. The normalized spacial score (nSPS) is 13.2. The molecule has 0 aliphatic rings. The molecular formula is C62H102O5. The first-order valence-electron chi connectivity index (χ1n) is 27.6. The third-order valence-electron chi connectivity index (χ3n) is 11.5. The summed E-state index contributed by atoms with van der Waals surface area (Å²) < 4.78 is 10.7. The number of aliphatic hydroxyl groups excluding tert-OH is 1. The zero-order valence-electron chi connectivity index (χ0n) is 43.4. The summed E-state index contributed by atoms with van der Waals surface area (Å²) in [5.74, 6) is -0.611. The molecule has 0 aromatic rings. The standard InChI is InChI=1S/C62H102O5/c1-3-5-7-9-11-13-15-17-19-20-21-22-23-24-25-26-27-28-29-30-31-32-33-34-35-36-37-38-39-40-41-42-43-45-47-49-51-53-55-57-62(65)67-60(58-63)59-66-61(64)56-54-52-50-48-46-44-18-16-14-12-10-8-6-4-2/h5,7,10-13,16-19,21-22,24-25,27-28,30-31,33-34,60,63H,3-4,6,8-9,14-15,20,23,26,29,32,35-59H2,1-2H3/b7-5-,12-10-,13-11-,18-16-,19-17-,22-21-,25-24-,28-27-,31-30-,34-33-. The van der Waals surface area contributed by atoms with Gasteiger partial charge >= 0.3 is 11.9 Å². The smallest absolute Gasteiger partial charge is 0.306 e. The molecule has 0 saturated heterocycles. The minimum atomic E-state index is -0.784. The summed E-state index contributed by atoms with van der Waals surface area (Å²) in [6.45, 7) is 3.97. The Labute approximate surface area is 413 Å². The Morgan fingerprint density at radius 3 is 0.970 bits per heavy atom. The number of unbranched alkanes of at least 4 members (excludes halogenated alkanes) is 21. The van der Waals surface area contributed by atoms with Crippen molar-refractivity contribution >= 4 is 11.9 Å². The van der Waals surface area contributed by atoms with Crippen molar-refractivity contribution in [1.82, 2.24) is 0 Å². The van der Waals surface area contributed by atoms with E-state index in [0.29, 0.717) is 12.8 Å². The first-order chi connectivity index (χ1) is 33.1. The maximum absolute atomic E-state index is 12.3. The van der Waals surface area contributed by atoms with Gasteiger partial charge in [0.1, 0.15) is 6.61 Å². The highest BCUT2D eigenvalue weighted by molar-refractivity contribution is 5.70. The van der Waals surface area contributed by atoms with Crippen molar-refractivity contribution < 1.29 is 24.2 Å². The van der Waals surface area contributed by atoms with Gasteiger partial charge in [-0.15, -0.1) is 0 Å². The van der Waals surface area contributed by atoms with Crippen LogP contribution in [0.1, 0.15) is 239 Å². The molecule has 0 aromatic carbocycles. The highest BCUT2D eigenvalue weighted by Gasteiger charge is 2.16. The zero-order valence-corrected chi connectivity index (χ0v) is 43.4. The minimum absolute atomic E-state index is 0.0776. The fourth-order valence-corrected chi connectivity index (χ4v) is 7.35. The van der Waals surface area contributed by atoms with E-state index in [4.69, 9.17) is 9.47 Å². The molecule has 380 valence electrons. The van der Waals surface area contributed by atoms with Gasteiger partial charge in [0.25, 0.3) is 0 Å². The molecule has 0 rings (SSSR count). The Bertz CT molecular complexity index is 1370. The summed E-state index contributed by atoms with van der Waals surface area (Å²) in [6.07, 6.45) is 83.1. The van der Waals surface area contributed by atoms with E-state index >= 15 is 0 Å². The molecule has 0 radical (unpaired) electrons. The number of hydrogen-bond donors (Lipinski definition) is 1. The van der Waals surface area contributed by atoms with Crippen molar-refractivity contribution in [2.24, 2.45) is 0 Å². The highest BCUT2D eigenvalue weighted by atomic mass is 16.6. The third-order valence-corrected chi connectivity index (χ3v) is 11.5. The van der Waals surface area contributed by atoms with Crippen LogP contribution in [-0.2, 0) is 19.1 Å². The summed E-state index contributed by atoms with van der Waals surface area (Å²) in [6, 6.07) is 0. The van der Waals surface area contributed by atoms with E-state index < -0.39 is 6.10 Å². The molecule has 67 heavy (non-hydrogen) atoms. The molecule has 5 heteroatoms. The molecule has 0 aliphatic carbocycles. The number of esters is 2. The van der Waals surface area contributed by atoms with E-state index in [1.54, 1.807) is 0 Å². The van der Waals surface area contributed by atoms with Crippen LogP contribution >= 0.6 is 0 Å². The topological polar surface area (TPSA) is 72.8 Å². The zero-order chi connectivity index (χ0) is 48.5. The molecule has 1 N–H and O–H groups in total. The second kappa shape index (κ2) is 56.6. The van der Waals surface area contributed by atoms with Gasteiger partial charge in [0.2, 0.25) is 0 Å². The molecule has 0 saturated carbocycles. The predicted molar refractivity (Wildman–Crippen MR) is 292 cm³/mol. The lowest BCUT2D eigenvalue weighted by Gasteiger charge is -2.15. The third kappa shape index (κ3) is 54.8. The lowest BCUT2D eigenvalue weighted by atomic mass is 10.0. The van der Waals surface area contributed by atoms with Gasteiger partial charge in [-0.2, -0.15) is 0 Å². The summed E-state index contributed by atoms with van der Waals surface area (Å²) >= 11 is 0. The van der Waals surface area contributed by atoms with Crippen LogP contribution in [0.3, 0.4) is 0 Å². The Kier molecular flexibility index (Phi) is 53.5. The van der Waals surface area contributed by atoms with Gasteiger partial charge in [0.05, 0.1) is 6.61 Å². The first kappa shape index (κ1) is 63.3. The minimum Gasteiger partial charge on any atom is -0.462 e. The number of carbonyl (C=O) groups excluding carboxylic acids is 2. The van der Waals surface area contributed by atoms with E-state index in [0.717, 1.165) is 103 Å². The molecule has 1 atom stereocenters. The summed E-state index contributed by atoms with van der Waals surface area (Å²) in [7, 11) is 0. The van der Waals surface area contributed by atoms with Crippen LogP contribution in [-0.4, -0.2) is 36.4 Å². The van der Waals surface area contributed by atoms with E-state index in [9.17, 15) is 14.7 Å². The average molecular weight is 927 g/mol. The van der Waals surface area contributed by atoms with Gasteiger partial charge < -0.3 is 14.6 Å². The summed E-state index contributed by atoms with van der Waals surface area (Å²) in [5, 5.41) is 9.62. The van der Waals surface area contributed by atoms with Crippen LogP contribution < -0.4 is 0 Å². The van der Waals surface area contributed by atoms with Gasteiger partial charge in [-0.1, -0.05) is 245 Å². The van der Waals surface area contributed by atoms with Gasteiger partial charge in [-0.05, 0) is 103 Å². The molecule has 0 bridgehead atoms. The van der Waals surface area contributed by atoms with Crippen LogP contribution in [0.5, 0.6) is 0 Å². The maximum Gasteiger partial charge on any atom is 0.306 e. The quantitative estimate of drug-likeness (QED) is 0.0374. The van der Waals surface area contributed by atoms with Gasteiger partial charge in [-0.25, -0.2) is 0 Å². The van der Waals surface area contributed by atoms with Crippen molar-refractivity contribution in [2.75, 3.05) is 13.2 Å². The van der Waals surface area contributed by atoms with E-state index in [2.05, 4.69) is 135 Å². The van der Waals surface area contributed by atoms with E-state index in [-0.39, 0.29) is 25.2 Å². The number of allylic oxidation sites excluding steroid dienone is 20. The van der Waals surface area contributed by atoms with Crippen molar-refractivity contribution in [2.45, 2.75) is 245 Å². The molecule has 0 heterocycles. The van der Waals surface area contributed by atoms with Gasteiger partial charge in [-0.3, -0.25) is 9.59 Å². The Balaban J connectivity index is 3.53. The Morgan fingerprint density at radius 1 is 0.358 bits per heavy atom. The van der Waals surface area contributed by atoms with Crippen molar-refractivity contribution in [1.29, 1.82) is 0 Å². The lowest BCUT2D eigenvalue weighted by molar-refractivity contribution is -0.161. The molecule has 1 unspecified atom stereocenters. The van der Waals surface area contributed by atoms with Crippen LogP contribution in [0.4, 0.5) is 0 Å². The van der Waals surface area contributed by atoms with Crippen molar-refractivity contribution in [3.63, 3.8) is 0 Å². The number of ether oxygens (including phenoxy) is 2. The Hall–Kier alpha value is -3.70. The molecular weight excluding hydrogens is 825 g/mol. The largest absolute Gasteiger partial charge is 0.462 e. The van der Waals surface area contributed by atoms with Gasteiger partial charge in [0.15, 0.2) is 6.10 Å². The average Bonchev–Trinajstić information content (AvgIpc) is 3.33. The summed E-state index contributed by atoms with van der Waals surface area (Å²) in [5.41, 5.74) is 0. The maximum atomic E-state index is 12.3. The number of aliphatic hydroxyl groups is 1. The lowest BCUT2D eigenvalue weighted by Crippen LogP contribution is -2.28. The highest BCUT2D eigenvalue weighted by Crippen LogP contribution is 2.15. The number of carbonyl (C=O) groups is 2. The van der Waals surface area contributed by atoms with Crippen molar-refractivity contribution in [3.8, 4) is 0 Å². The van der Waals surface area contributed by atoms with E-state index in [1.165, 1.54) is 109 Å². The van der Waals surface area contributed by atoms with Crippen molar-refractivity contribution in [3.05, 3.63) is 122 Å². The molecule has 0 aromatic heterocycles. The van der Waals surface area contributed by atoms with Crippen LogP contribution in [0.15, 0.2) is 122 Å². The fraction of sp³-hybridized carbons (Fsp3) is 0.645. The van der Waals surface area contributed by atoms with E-state index in [1.807, 2.05) is 0 Å². The second-order valence-electron chi connectivity index (χ2n) is 17.9. The van der Waals surface area contributed by atoms with Crippen LogP contribution in [0, 0.1) is 0 Å². The van der Waals surface area contributed by atoms with Crippen LogP contribution in [0.2, 0.25) is 0 Å². The molecule has 0 aliphatic heterocycles. The molecule has 5 nitrogen and oxygen atoms in total. The van der Waals surface area contributed by atoms with Gasteiger partial charge in [0, 0.05) is 12.8 Å². The molecule has 0 spiro atoms.